The molecule has 1 fully saturated rings. The minimum Gasteiger partial charge on any atom is -0.494 e. The van der Waals surface area contributed by atoms with Crippen LogP contribution >= 0.6 is 11.3 Å². The Morgan fingerprint density at radius 1 is 0.836 bits per heavy atom. The van der Waals surface area contributed by atoms with Crippen molar-refractivity contribution in [1.29, 1.82) is 0 Å². The Labute approximate surface area is 359 Å². The van der Waals surface area contributed by atoms with E-state index in [4.69, 9.17) is 33.8 Å². The van der Waals surface area contributed by atoms with E-state index in [0.29, 0.717) is 96.4 Å². The molecule has 2 aromatic heterocycles. The Bertz CT molecular complexity index is 2250. The molecular formula is C47H52N4O9S. The number of hydrogen-bond acceptors (Lipinski definition) is 14. The maximum atomic E-state index is 13.9. The molecule has 1 saturated carbocycles. The molecule has 13 nitrogen and oxygen atoms in total. The number of hydrogen-bond donors (Lipinski definition) is 0. The number of aromatic nitrogens is 2. The number of unbranched alkanes of at least 4 members (excludes halogenated alkanes) is 6. The van der Waals surface area contributed by atoms with E-state index in [0.717, 1.165) is 67.8 Å². The van der Waals surface area contributed by atoms with Crippen molar-refractivity contribution < 1.29 is 42.9 Å². The lowest BCUT2D eigenvalue weighted by Crippen LogP contribution is -2.30. The zero-order valence-electron chi connectivity index (χ0n) is 34.5. The second-order valence-corrected chi connectivity index (χ2v) is 15.8. The van der Waals surface area contributed by atoms with E-state index < -0.39 is 17.9 Å². The number of thiazole rings is 1. The van der Waals surface area contributed by atoms with E-state index in [2.05, 4.69) is 18.5 Å². The van der Waals surface area contributed by atoms with Gasteiger partial charge < -0.3 is 23.7 Å². The Hall–Kier alpha value is -6.15. The standard InChI is InChI=1S/C47H52N4O9S/c1-3-5-6-11-27-51(47-50-40-17-14-26-48-44(40)61-47)49-31-35-30-41(58-32-52)38-15-9-10-16-39(38)43(35)60-46(55)34-20-18-33(19-21-34)45(54)59-37-24-22-36(23-25-37)56-28-12-7-8-13-29-57-42(53)4-2/h4,9-10,14-17,22-26,30-34H,2-3,5-8,11-13,18-21,27-29H2,1H3/b49-31+/t33-,34-. The average molecular weight is 849 g/mol. The lowest BCUT2D eigenvalue weighted by molar-refractivity contribution is -0.145. The summed E-state index contributed by atoms with van der Waals surface area (Å²) < 4.78 is 28.2. The van der Waals surface area contributed by atoms with Gasteiger partial charge in [-0.05, 0) is 100 Å². The van der Waals surface area contributed by atoms with Crippen LogP contribution in [0.3, 0.4) is 0 Å². The maximum Gasteiger partial charge on any atom is 0.330 e. The highest BCUT2D eigenvalue weighted by molar-refractivity contribution is 7.21. The number of fused-ring (bicyclic) bond motifs is 2. The summed E-state index contributed by atoms with van der Waals surface area (Å²) in [6, 6.07) is 19.7. The van der Waals surface area contributed by atoms with Crippen LogP contribution in [0.15, 0.2) is 90.7 Å². The highest BCUT2D eigenvalue weighted by Crippen LogP contribution is 2.38. The number of esters is 3. The summed E-state index contributed by atoms with van der Waals surface area (Å²) in [5, 5.41) is 8.59. The number of nitrogens with zero attached hydrogens (tertiary/aromatic N) is 4. The fourth-order valence-electron chi connectivity index (χ4n) is 7.12. The van der Waals surface area contributed by atoms with Gasteiger partial charge in [-0.2, -0.15) is 5.10 Å². The first-order chi connectivity index (χ1) is 29.9. The molecule has 0 atom stereocenters. The molecule has 0 saturated heterocycles. The molecule has 1 aliphatic rings. The average Bonchev–Trinajstić information content (AvgIpc) is 3.73. The van der Waals surface area contributed by atoms with E-state index in [9.17, 15) is 19.2 Å². The summed E-state index contributed by atoms with van der Waals surface area (Å²) in [7, 11) is 0. The van der Waals surface area contributed by atoms with Crippen LogP contribution in [0.25, 0.3) is 21.1 Å². The molecule has 0 amide bonds. The molecular weight excluding hydrogens is 797 g/mol. The largest absolute Gasteiger partial charge is 0.494 e. The molecule has 0 radical (unpaired) electrons. The van der Waals surface area contributed by atoms with E-state index in [1.807, 2.05) is 35.3 Å². The van der Waals surface area contributed by atoms with E-state index in [1.54, 1.807) is 48.8 Å². The van der Waals surface area contributed by atoms with Gasteiger partial charge in [-0.1, -0.05) is 68.4 Å². The van der Waals surface area contributed by atoms with Crippen molar-refractivity contribution in [3.63, 3.8) is 0 Å². The number of hydrazone groups is 1. The summed E-state index contributed by atoms with van der Waals surface area (Å²) in [5.74, 6) is -0.227. The number of benzene rings is 3. The smallest absolute Gasteiger partial charge is 0.330 e. The first-order valence-corrected chi connectivity index (χ1v) is 21.8. The highest BCUT2D eigenvalue weighted by atomic mass is 32.1. The van der Waals surface area contributed by atoms with Crippen LogP contribution in [-0.2, 0) is 23.9 Å². The van der Waals surface area contributed by atoms with Gasteiger partial charge in [0.15, 0.2) is 0 Å². The molecule has 6 rings (SSSR count). The van der Waals surface area contributed by atoms with Crippen molar-refractivity contribution in [2.45, 2.75) is 84.0 Å². The van der Waals surface area contributed by atoms with Gasteiger partial charge in [-0.3, -0.25) is 14.4 Å². The van der Waals surface area contributed by atoms with E-state index >= 15 is 0 Å². The van der Waals surface area contributed by atoms with Crippen LogP contribution in [0.5, 0.6) is 23.0 Å². The Balaban J connectivity index is 1.07. The monoisotopic (exact) mass is 848 g/mol. The first kappa shape index (κ1) is 44.4. The van der Waals surface area contributed by atoms with Crippen LogP contribution < -0.4 is 24.0 Å². The molecule has 2 heterocycles. The second-order valence-electron chi connectivity index (χ2n) is 14.8. The summed E-state index contributed by atoms with van der Waals surface area (Å²) >= 11 is 1.45. The number of pyridine rings is 1. The van der Waals surface area contributed by atoms with E-state index in [1.165, 1.54) is 11.3 Å². The van der Waals surface area contributed by atoms with Gasteiger partial charge >= 0.3 is 17.9 Å². The molecule has 0 bridgehead atoms. The van der Waals surface area contributed by atoms with Gasteiger partial charge in [0.25, 0.3) is 6.47 Å². The van der Waals surface area contributed by atoms with Crippen LogP contribution in [0.2, 0.25) is 0 Å². The van der Waals surface area contributed by atoms with Crippen LogP contribution in [0.1, 0.15) is 89.5 Å². The molecule has 0 unspecified atom stereocenters. The van der Waals surface area contributed by atoms with Crippen LogP contribution in [0.4, 0.5) is 5.13 Å². The molecule has 0 spiro atoms. The first-order valence-electron chi connectivity index (χ1n) is 21.0. The van der Waals surface area contributed by atoms with Gasteiger partial charge in [0, 0.05) is 35.2 Å². The fraction of sp³-hybridized carbons (Fsp3) is 0.383. The fourth-order valence-corrected chi connectivity index (χ4v) is 8.01. The molecule has 320 valence electrons. The molecule has 61 heavy (non-hydrogen) atoms. The van der Waals surface area contributed by atoms with Crippen molar-refractivity contribution >= 4 is 68.2 Å². The van der Waals surface area contributed by atoms with Gasteiger partial charge in [0.2, 0.25) is 5.13 Å². The molecule has 1 aliphatic carbocycles. The second kappa shape index (κ2) is 23.0. The lowest BCUT2D eigenvalue weighted by Gasteiger charge is -2.26. The maximum absolute atomic E-state index is 13.9. The SMILES string of the molecule is C=CC(=O)OCCCCCCOc1ccc(OC(=O)[C@H]2CC[C@H](C(=O)Oc3c(/C=N/N(CCCCCC)c4nc5cccnc5s4)cc(OC=O)c4ccccc34)CC2)cc1. The van der Waals surface area contributed by atoms with Gasteiger partial charge in [0.1, 0.15) is 33.3 Å². The number of rotatable bonds is 23. The normalized spacial score (nSPS) is 15.0. The molecule has 14 heteroatoms. The summed E-state index contributed by atoms with van der Waals surface area (Å²) in [5.41, 5.74) is 1.24. The van der Waals surface area contributed by atoms with Crippen LogP contribution in [-0.4, -0.2) is 60.3 Å². The van der Waals surface area contributed by atoms with Gasteiger partial charge in [-0.15, -0.1) is 0 Å². The molecule has 3 aromatic carbocycles. The predicted molar refractivity (Wildman–Crippen MR) is 235 cm³/mol. The number of anilines is 1. The third-order valence-electron chi connectivity index (χ3n) is 10.5. The number of carbonyl (C=O) groups excluding carboxylic acids is 4. The van der Waals surface area contributed by atoms with Crippen molar-refractivity contribution in [2.24, 2.45) is 16.9 Å². The lowest BCUT2D eigenvalue weighted by atomic mass is 9.82. The number of ether oxygens (including phenoxy) is 5. The Morgan fingerprint density at radius 3 is 2.23 bits per heavy atom. The van der Waals surface area contributed by atoms with Gasteiger partial charge in [0.05, 0.1) is 31.3 Å². The molecule has 0 N–H and O–H groups in total. The minimum atomic E-state index is -0.435. The third-order valence-corrected chi connectivity index (χ3v) is 11.4. The molecule has 0 aliphatic heterocycles. The summed E-state index contributed by atoms with van der Waals surface area (Å²) in [6.07, 6.45) is 14.0. The Morgan fingerprint density at radius 2 is 1.52 bits per heavy atom. The van der Waals surface area contributed by atoms with Gasteiger partial charge in [-0.25, -0.2) is 19.8 Å². The highest BCUT2D eigenvalue weighted by Gasteiger charge is 2.33. The van der Waals surface area contributed by atoms with Crippen molar-refractivity contribution in [2.75, 3.05) is 24.8 Å². The van der Waals surface area contributed by atoms with Crippen molar-refractivity contribution in [3.8, 4) is 23.0 Å². The van der Waals surface area contributed by atoms with Crippen molar-refractivity contribution in [3.05, 3.63) is 91.1 Å². The zero-order chi connectivity index (χ0) is 42.8. The third kappa shape index (κ3) is 12.7. The summed E-state index contributed by atoms with van der Waals surface area (Å²) in [4.78, 5) is 59.8. The topological polar surface area (TPSA) is 156 Å². The summed E-state index contributed by atoms with van der Waals surface area (Å²) in [6.45, 7) is 7.46. The van der Waals surface area contributed by atoms with E-state index in [-0.39, 0.29) is 11.9 Å². The van der Waals surface area contributed by atoms with Crippen LogP contribution in [0, 0.1) is 11.8 Å². The molecule has 5 aromatic rings. The quantitative estimate of drug-likeness (QED) is 0.0117. The van der Waals surface area contributed by atoms with Crippen molar-refractivity contribution in [1.82, 2.24) is 9.97 Å². The zero-order valence-corrected chi connectivity index (χ0v) is 35.3. The number of carbonyl (C=O) groups is 4. The Kier molecular flexibility index (Phi) is 16.7. The minimum absolute atomic E-state index is 0.303. The predicted octanol–water partition coefficient (Wildman–Crippen LogP) is 9.79.